The van der Waals surface area contributed by atoms with Gasteiger partial charge in [0.2, 0.25) is 5.91 Å². The third kappa shape index (κ3) is 5.52. The maximum Gasteiger partial charge on any atom is 0.319 e. The summed E-state index contributed by atoms with van der Waals surface area (Å²) in [5, 5.41) is 7.72. The third-order valence-corrected chi connectivity index (χ3v) is 4.22. The van der Waals surface area contributed by atoms with Gasteiger partial charge in [-0.1, -0.05) is 45.9 Å². The first-order chi connectivity index (χ1) is 13.2. The largest absolute Gasteiger partial charge is 0.329 e. The van der Waals surface area contributed by atoms with Crippen LogP contribution in [-0.4, -0.2) is 18.5 Å². The number of urea groups is 1. The topological polar surface area (TPSA) is 70.2 Å². The molecule has 0 radical (unpaired) electrons. The second-order valence-corrected chi connectivity index (χ2v) is 7.11. The van der Waals surface area contributed by atoms with Crippen molar-refractivity contribution in [1.29, 1.82) is 0 Å². The van der Waals surface area contributed by atoms with Crippen molar-refractivity contribution < 1.29 is 18.4 Å². The molecule has 0 heterocycles. The lowest BCUT2D eigenvalue weighted by molar-refractivity contribution is -0.115. The molecule has 28 heavy (non-hydrogen) atoms. The standard InChI is InChI=1S/C21H25F2N3O2/c1-12(2)15-6-5-7-16(13(3)4)20(15)26-21(28)24-11-19(27)25-14-8-9-17(22)18(23)10-14/h5-10,12-13H,11H2,1-4H3,(H,25,27)(H2,24,26,28). The first-order valence-corrected chi connectivity index (χ1v) is 9.11. The molecule has 0 aromatic heterocycles. The molecule has 150 valence electrons. The van der Waals surface area contributed by atoms with Crippen LogP contribution in [0.5, 0.6) is 0 Å². The molecule has 0 aliphatic carbocycles. The van der Waals surface area contributed by atoms with Gasteiger partial charge in [-0.05, 0) is 35.1 Å². The Kier molecular flexibility index (Phi) is 7.09. The molecule has 2 aromatic rings. The first-order valence-electron chi connectivity index (χ1n) is 9.11. The fraction of sp³-hybridized carbons (Fsp3) is 0.333. The zero-order valence-corrected chi connectivity index (χ0v) is 16.4. The van der Waals surface area contributed by atoms with Crippen LogP contribution in [0.15, 0.2) is 36.4 Å². The predicted octanol–water partition coefficient (Wildman–Crippen LogP) is 4.97. The van der Waals surface area contributed by atoms with Crippen molar-refractivity contribution in [3.63, 3.8) is 0 Å². The Morgan fingerprint density at radius 2 is 1.50 bits per heavy atom. The van der Waals surface area contributed by atoms with Crippen molar-refractivity contribution >= 4 is 23.3 Å². The Morgan fingerprint density at radius 3 is 2.04 bits per heavy atom. The van der Waals surface area contributed by atoms with Gasteiger partial charge in [0.15, 0.2) is 11.6 Å². The van der Waals surface area contributed by atoms with Crippen molar-refractivity contribution in [2.24, 2.45) is 0 Å². The molecule has 0 saturated carbocycles. The van der Waals surface area contributed by atoms with E-state index in [2.05, 4.69) is 16.0 Å². The summed E-state index contributed by atoms with van der Waals surface area (Å²) in [5.41, 5.74) is 2.87. The number of carbonyl (C=O) groups excluding carboxylic acids is 2. The van der Waals surface area contributed by atoms with Crippen molar-refractivity contribution in [2.45, 2.75) is 39.5 Å². The lowest BCUT2D eigenvalue weighted by Gasteiger charge is -2.20. The number of hydrogen-bond acceptors (Lipinski definition) is 2. The summed E-state index contributed by atoms with van der Waals surface area (Å²) in [4.78, 5) is 24.3. The van der Waals surface area contributed by atoms with Gasteiger partial charge < -0.3 is 16.0 Å². The van der Waals surface area contributed by atoms with E-state index in [4.69, 9.17) is 0 Å². The van der Waals surface area contributed by atoms with Gasteiger partial charge in [0, 0.05) is 17.4 Å². The number of nitrogens with one attached hydrogen (secondary N) is 3. The van der Waals surface area contributed by atoms with Crippen LogP contribution in [0.2, 0.25) is 0 Å². The van der Waals surface area contributed by atoms with Crippen LogP contribution in [0.4, 0.5) is 25.0 Å². The van der Waals surface area contributed by atoms with Gasteiger partial charge in [-0.25, -0.2) is 13.6 Å². The number of carbonyl (C=O) groups is 2. The van der Waals surface area contributed by atoms with E-state index in [0.29, 0.717) is 0 Å². The fourth-order valence-corrected chi connectivity index (χ4v) is 2.79. The molecule has 3 amide bonds. The summed E-state index contributed by atoms with van der Waals surface area (Å²) in [6.45, 7) is 7.84. The van der Waals surface area contributed by atoms with E-state index in [9.17, 15) is 18.4 Å². The minimum absolute atomic E-state index is 0.110. The summed E-state index contributed by atoms with van der Waals surface area (Å²) in [6.07, 6.45) is 0. The van der Waals surface area contributed by atoms with E-state index in [1.54, 1.807) is 0 Å². The van der Waals surface area contributed by atoms with Crippen LogP contribution in [0.25, 0.3) is 0 Å². The third-order valence-electron chi connectivity index (χ3n) is 4.22. The highest BCUT2D eigenvalue weighted by molar-refractivity contribution is 5.97. The van der Waals surface area contributed by atoms with Gasteiger partial charge in [0.05, 0.1) is 6.54 Å². The van der Waals surface area contributed by atoms with Crippen molar-refractivity contribution in [1.82, 2.24) is 5.32 Å². The maximum atomic E-state index is 13.2. The molecule has 0 saturated heterocycles. The normalized spacial score (nSPS) is 10.9. The average Bonchev–Trinajstić information content (AvgIpc) is 2.63. The number of hydrogen-bond donors (Lipinski definition) is 3. The van der Waals surface area contributed by atoms with Gasteiger partial charge in [0.25, 0.3) is 0 Å². The summed E-state index contributed by atoms with van der Waals surface area (Å²) in [5.74, 6) is -2.19. The Hall–Kier alpha value is -2.96. The van der Waals surface area contributed by atoms with Crippen molar-refractivity contribution in [3.05, 3.63) is 59.2 Å². The minimum atomic E-state index is -1.06. The maximum absolute atomic E-state index is 13.2. The monoisotopic (exact) mass is 389 g/mol. The molecule has 0 atom stereocenters. The van der Waals surface area contributed by atoms with Gasteiger partial charge in [0.1, 0.15) is 0 Å². The molecule has 2 rings (SSSR count). The molecule has 0 aliphatic heterocycles. The minimum Gasteiger partial charge on any atom is -0.329 e. The van der Waals surface area contributed by atoms with E-state index in [-0.39, 0.29) is 24.1 Å². The predicted molar refractivity (Wildman–Crippen MR) is 107 cm³/mol. The van der Waals surface area contributed by atoms with Crippen molar-refractivity contribution in [2.75, 3.05) is 17.2 Å². The number of benzene rings is 2. The van der Waals surface area contributed by atoms with Gasteiger partial charge in [-0.2, -0.15) is 0 Å². The smallest absolute Gasteiger partial charge is 0.319 e. The number of amides is 3. The highest BCUT2D eigenvalue weighted by atomic mass is 19.2. The lowest BCUT2D eigenvalue weighted by atomic mass is 9.93. The summed E-state index contributed by atoms with van der Waals surface area (Å²) in [7, 11) is 0. The quantitative estimate of drug-likeness (QED) is 0.653. The molecular weight excluding hydrogens is 364 g/mol. The molecule has 3 N–H and O–H groups in total. The molecule has 0 bridgehead atoms. The van der Waals surface area contributed by atoms with Gasteiger partial charge in [-0.3, -0.25) is 4.79 Å². The van der Waals surface area contributed by atoms with E-state index < -0.39 is 23.6 Å². The zero-order valence-electron chi connectivity index (χ0n) is 16.4. The molecule has 0 spiro atoms. The molecule has 7 heteroatoms. The summed E-state index contributed by atoms with van der Waals surface area (Å²) in [6, 6.07) is 8.40. The number of anilines is 2. The molecule has 5 nitrogen and oxygen atoms in total. The Balaban J connectivity index is 2.00. The zero-order chi connectivity index (χ0) is 20.8. The number of para-hydroxylation sites is 1. The van der Waals surface area contributed by atoms with E-state index in [0.717, 1.165) is 28.9 Å². The van der Waals surface area contributed by atoms with Crippen LogP contribution >= 0.6 is 0 Å². The van der Waals surface area contributed by atoms with Crippen LogP contribution in [0.3, 0.4) is 0 Å². The highest BCUT2D eigenvalue weighted by Gasteiger charge is 2.16. The van der Waals surface area contributed by atoms with E-state index >= 15 is 0 Å². The second kappa shape index (κ2) is 9.30. The Labute approximate surface area is 163 Å². The van der Waals surface area contributed by atoms with Gasteiger partial charge >= 0.3 is 6.03 Å². The van der Waals surface area contributed by atoms with Crippen LogP contribution < -0.4 is 16.0 Å². The Bertz CT molecular complexity index is 840. The molecular formula is C21H25F2N3O2. The van der Waals surface area contributed by atoms with Crippen LogP contribution in [-0.2, 0) is 4.79 Å². The molecule has 0 aliphatic rings. The lowest BCUT2D eigenvalue weighted by Crippen LogP contribution is -2.36. The fourth-order valence-electron chi connectivity index (χ4n) is 2.79. The first kappa shape index (κ1) is 21.3. The Morgan fingerprint density at radius 1 is 0.893 bits per heavy atom. The van der Waals surface area contributed by atoms with Gasteiger partial charge in [-0.15, -0.1) is 0 Å². The summed E-state index contributed by atoms with van der Waals surface area (Å²) >= 11 is 0. The molecule has 0 unspecified atom stereocenters. The van der Waals surface area contributed by atoms with Crippen LogP contribution in [0, 0.1) is 11.6 Å². The molecule has 2 aromatic carbocycles. The summed E-state index contributed by atoms with van der Waals surface area (Å²) < 4.78 is 26.1. The molecule has 0 fully saturated rings. The van der Waals surface area contributed by atoms with E-state index in [1.807, 2.05) is 45.9 Å². The number of rotatable bonds is 6. The average molecular weight is 389 g/mol. The highest BCUT2D eigenvalue weighted by Crippen LogP contribution is 2.32. The van der Waals surface area contributed by atoms with Crippen molar-refractivity contribution in [3.8, 4) is 0 Å². The van der Waals surface area contributed by atoms with E-state index in [1.165, 1.54) is 6.07 Å². The van der Waals surface area contributed by atoms with Crippen LogP contribution in [0.1, 0.15) is 50.7 Å². The second-order valence-electron chi connectivity index (χ2n) is 7.11. The SMILES string of the molecule is CC(C)c1cccc(C(C)C)c1NC(=O)NCC(=O)Nc1ccc(F)c(F)c1. The number of halogens is 2.